The maximum absolute atomic E-state index is 14.5. The molecule has 1 aliphatic heterocycles. The number of fused-ring (bicyclic) bond motifs is 1. The topological polar surface area (TPSA) is 63.1 Å². The average molecular weight is 462 g/mol. The molecule has 1 amide bonds. The molecule has 1 N–H and O–H groups in total. The van der Waals surface area contributed by atoms with E-state index >= 15 is 0 Å². The summed E-state index contributed by atoms with van der Waals surface area (Å²) in [6.45, 7) is 1.19. The number of carbonyl (C=O) groups is 1. The van der Waals surface area contributed by atoms with Crippen LogP contribution in [0.4, 0.5) is 19.4 Å². The van der Waals surface area contributed by atoms with E-state index in [1.807, 2.05) is 29.2 Å². The predicted octanol–water partition coefficient (Wildman–Crippen LogP) is 5.24. The fourth-order valence-corrected chi connectivity index (χ4v) is 4.54. The van der Waals surface area contributed by atoms with Crippen molar-refractivity contribution >= 4 is 23.0 Å². The van der Waals surface area contributed by atoms with E-state index in [9.17, 15) is 13.6 Å². The second-order valence-electron chi connectivity index (χ2n) is 8.47. The van der Waals surface area contributed by atoms with E-state index in [4.69, 9.17) is 4.98 Å². The van der Waals surface area contributed by atoms with Crippen LogP contribution in [0.1, 0.15) is 36.4 Å². The molecule has 1 aliphatic rings. The standard InChI is InChI=1S/C26H25F2N5O/c27-19-10-11-21(28)20(16-19)23-9-5-15-32(23)24-13-12-22-25(31-24)33(17-30-22)26(34)29-14-4-8-18-6-2-1-3-7-18/h1-3,6-7,10-13,16-17,23H,4-5,8-9,14-15H2,(H,29,34). The van der Waals surface area contributed by atoms with Gasteiger partial charge in [0.1, 0.15) is 29.3 Å². The van der Waals surface area contributed by atoms with Crippen molar-refractivity contribution in [1.29, 1.82) is 0 Å². The zero-order valence-electron chi connectivity index (χ0n) is 18.6. The smallest absolute Gasteiger partial charge is 0.328 e. The second-order valence-corrected chi connectivity index (χ2v) is 8.47. The first-order chi connectivity index (χ1) is 16.6. The summed E-state index contributed by atoms with van der Waals surface area (Å²) < 4.78 is 29.7. The number of carbonyl (C=O) groups excluding carboxylic acids is 1. The lowest BCUT2D eigenvalue weighted by Gasteiger charge is -2.26. The summed E-state index contributed by atoms with van der Waals surface area (Å²) in [7, 11) is 0. The van der Waals surface area contributed by atoms with Crippen LogP contribution in [-0.4, -0.2) is 33.7 Å². The number of aryl methyl sites for hydroxylation is 1. The Morgan fingerprint density at radius 2 is 1.94 bits per heavy atom. The highest BCUT2D eigenvalue weighted by molar-refractivity contribution is 5.87. The third-order valence-electron chi connectivity index (χ3n) is 6.22. The number of hydrogen-bond donors (Lipinski definition) is 1. The zero-order chi connectivity index (χ0) is 23.5. The molecule has 0 radical (unpaired) electrons. The summed E-state index contributed by atoms with van der Waals surface area (Å²) in [5.41, 5.74) is 2.58. The van der Waals surface area contributed by atoms with E-state index in [0.29, 0.717) is 42.1 Å². The van der Waals surface area contributed by atoms with Crippen LogP contribution in [0.3, 0.4) is 0 Å². The van der Waals surface area contributed by atoms with E-state index in [-0.39, 0.29) is 12.1 Å². The van der Waals surface area contributed by atoms with Gasteiger partial charge in [-0.05, 0) is 61.6 Å². The summed E-state index contributed by atoms with van der Waals surface area (Å²) in [5.74, 6) is -0.287. The van der Waals surface area contributed by atoms with Crippen molar-refractivity contribution in [2.75, 3.05) is 18.0 Å². The van der Waals surface area contributed by atoms with E-state index < -0.39 is 11.6 Å². The molecule has 1 atom stereocenters. The van der Waals surface area contributed by atoms with Crippen molar-refractivity contribution in [3.05, 3.63) is 89.8 Å². The fourth-order valence-electron chi connectivity index (χ4n) is 4.54. The first kappa shape index (κ1) is 22.0. The number of nitrogens with one attached hydrogen (secondary N) is 1. The largest absolute Gasteiger partial charge is 0.349 e. The monoisotopic (exact) mass is 461 g/mol. The van der Waals surface area contributed by atoms with Crippen LogP contribution in [0.25, 0.3) is 11.2 Å². The van der Waals surface area contributed by atoms with E-state index in [1.54, 1.807) is 6.07 Å². The molecule has 2 aromatic carbocycles. The van der Waals surface area contributed by atoms with Crippen molar-refractivity contribution in [1.82, 2.24) is 19.9 Å². The van der Waals surface area contributed by atoms with Crippen LogP contribution in [0.5, 0.6) is 0 Å². The third kappa shape index (κ3) is 4.48. The maximum atomic E-state index is 14.5. The lowest BCUT2D eigenvalue weighted by atomic mass is 10.0. The molecule has 1 fully saturated rings. The molecule has 1 unspecified atom stereocenters. The van der Waals surface area contributed by atoms with E-state index in [0.717, 1.165) is 31.4 Å². The van der Waals surface area contributed by atoms with Crippen LogP contribution in [0.2, 0.25) is 0 Å². The first-order valence-electron chi connectivity index (χ1n) is 11.5. The molecule has 0 spiro atoms. The highest BCUT2D eigenvalue weighted by Crippen LogP contribution is 2.37. The van der Waals surface area contributed by atoms with E-state index in [1.165, 1.54) is 22.5 Å². The summed E-state index contributed by atoms with van der Waals surface area (Å²) >= 11 is 0. The number of amides is 1. The van der Waals surface area contributed by atoms with Gasteiger partial charge >= 0.3 is 6.03 Å². The number of anilines is 1. The van der Waals surface area contributed by atoms with Gasteiger partial charge in [-0.25, -0.2) is 28.1 Å². The Balaban J connectivity index is 1.32. The number of rotatable bonds is 6. The third-order valence-corrected chi connectivity index (χ3v) is 6.22. The van der Waals surface area contributed by atoms with Gasteiger partial charge in [-0.3, -0.25) is 0 Å². The predicted molar refractivity (Wildman–Crippen MR) is 127 cm³/mol. The molecule has 2 aromatic heterocycles. The molecule has 34 heavy (non-hydrogen) atoms. The number of benzene rings is 2. The normalized spacial score (nSPS) is 15.7. The molecule has 3 heterocycles. The Morgan fingerprint density at radius 3 is 2.79 bits per heavy atom. The van der Waals surface area contributed by atoms with Gasteiger partial charge in [-0.2, -0.15) is 0 Å². The minimum Gasteiger partial charge on any atom is -0.349 e. The number of halogens is 2. The lowest BCUT2D eigenvalue weighted by Crippen LogP contribution is -2.29. The molecular weight excluding hydrogens is 436 g/mol. The SMILES string of the molecule is O=C(NCCCc1ccccc1)n1cnc2ccc(N3CCCC3c3cc(F)ccc3F)nc21. The molecule has 0 bridgehead atoms. The number of aromatic nitrogens is 3. The quantitative estimate of drug-likeness (QED) is 0.399. The first-order valence-corrected chi connectivity index (χ1v) is 11.5. The summed E-state index contributed by atoms with van der Waals surface area (Å²) in [4.78, 5) is 23.8. The summed E-state index contributed by atoms with van der Waals surface area (Å²) in [6.07, 6.45) is 4.68. The van der Waals surface area contributed by atoms with Crippen LogP contribution < -0.4 is 10.2 Å². The fraction of sp³-hybridized carbons (Fsp3) is 0.269. The zero-order valence-corrected chi connectivity index (χ0v) is 18.6. The second kappa shape index (κ2) is 9.59. The van der Waals surface area contributed by atoms with Crippen LogP contribution in [-0.2, 0) is 6.42 Å². The minimum atomic E-state index is -0.464. The van der Waals surface area contributed by atoms with Crippen molar-refractivity contribution in [2.45, 2.75) is 31.7 Å². The summed E-state index contributed by atoms with van der Waals surface area (Å²) in [5, 5.41) is 2.92. The van der Waals surface area contributed by atoms with Gasteiger partial charge < -0.3 is 10.2 Å². The van der Waals surface area contributed by atoms with Crippen LogP contribution >= 0.6 is 0 Å². The molecule has 0 aliphatic carbocycles. The summed E-state index contributed by atoms with van der Waals surface area (Å²) in [6, 6.07) is 16.7. The molecule has 0 saturated carbocycles. The van der Waals surface area contributed by atoms with Gasteiger partial charge in [-0.15, -0.1) is 0 Å². The number of imidazole rings is 1. The molecule has 5 rings (SSSR count). The van der Waals surface area contributed by atoms with Gasteiger partial charge in [-0.1, -0.05) is 30.3 Å². The lowest BCUT2D eigenvalue weighted by molar-refractivity contribution is 0.243. The van der Waals surface area contributed by atoms with Gasteiger partial charge in [0, 0.05) is 18.7 Å². The molecule has 174 valence electrons. The average Bonchev–Trinajstić information content (AvgIpc) is 3.51. The van der Waals surface area contributed by atoms with Gasteiger partial charge in [0.25, 0.3) is 0 Å². The Kier molecular flexibility index (Phi) is 6.20. The number of hydrogen-bond acceptors (Lipinski definition) is 4. The molecule has 8 heteroatoms. The number of nitrogens with zero attached hydrogens (tertiary/aromatic N) is 4. The van der Waals surface area contributed by atoms with Crippen molar-refractivity contribution in [3.8, 4) is 0 Å². The molecule has 4 aromatic rings. The minimum absolute atomic E-state index is 0.297. The Bertz CT molecular complexity index is 1310. The van der Waals surface area contributed by atoms with Crippen molar-refractivity contribution in [2.24, 2.45) is 0 Å². The Labute approximate surface area is 196 Å². The highest BCUT2D eigenvalue weighted by Gasteiger charge is 2.30. The van der Waals surface area contributed by atoms with Gasteiger partial charge in [0.2, 0.25) is 0 Å². The number of pyridine rings is 1. The van der Waals surface area contributed by atoms with Crippen molar-refractivity contribution < 1.29 is 13.6 Å². The maximum Gasteiger partial charge on any atom is 0.328 e. The van der Waals surface area contributed by atoms with E-state index in [2.05, 4.69) is 22.4 Å². The van der Waals surface area contributed by atoms with Gasteiger partial charge in [0.15, 0.2) is 5.65 Å². The van der Waals surface area contributed by atoms with Crippen molar-refractivity contribution in [3.63, 3.8) is 0 Å². The highest BCUT2D eigenvalue weighted by atomic mass is 19.1. The van der Waals surface area contributed by atoms with Crippen LogP contribution in [0.15, 0.2) is 67.0 Å². The molecule has 1 saturated heterocycles. The van der Waals surface area contributed by atoms with Gasteiger partial charge in [0.05, 0.1) is 6.04 Å². The Morgan fingerprint density at radius 1 is 1.09 bits per heavy atom. The molecule has 6 nitrogen and oxygen atoms in total. The molecular formula is C26H25F2N5O. The Hall–Kier alpha value is -3.81. The van der Waals surface area contributed by atoms with Crippen LogP contribution in [0, 0.1) is 11.6 Å².